The third-order valence-corrected chi connectivity index (χ3v) is 16.0. The van der Waals surface area contributed by atoms with Crippen molar-refractivity contribution < 1.29 is 32.9 Å². The summed E-state index contributed by atoms with van der Waals surface area (Å²) in [5.41, 5.74) is 0. The van der Waals surface area contributed by atoms with Crippen LogP contribution in [0.15, 0.2) is 146 Å². The molecule has 86 heavy (non-hydrogen) atoms. The SMILES string of the molecule is CC/C=C\C/C=C\C/C=C\C/C=C\C/C=C\C/C=C\C/C=C\C/C=C\C/C=C\C/C=C\CCCCCCCCCCCCC(=O)NC(COP(=O)([O-])OCC[N+](C)(C)C)C(O)/C=C/CC/C=C/CCCCCCCCCCCCCCCCCCC. The van der Waals surface area contributed by atoms with Gasteiger partial charge in [0.05, 0.1) is 39.9 Å². The Balaban J connectivity index is 4.14. The second-order valence-electron chi connectivity index (χ2n) is 24.5. The second kappa shape index (κ2) is 65.8. The molecule has 0 rings (SSSR count). The maximum Gasteiger partial charge on any atom is 0.268 e. The van der Waals surface area contributed by atoms with Crippen LogP contribution in [0.4, 0.5) is 0 Å². The van der Waals surface area contributed by atoms with Crippen molar-refractivity contribution in [2.75, 3.05) is 40.9 Å². The maximum absolute atomic E-state index is 13.0. The Morgan fingerprint density at radius 3 is 1.08 bits per heavy atom. The van der Waals surface area contributed by atoms with Gasteiger partial charge in [-0.3, -0.25) is 9.36 Å². The van der Waals surface area contributed by atoms with E-state index in [0.29, 0.717) is 17.4 Å². The van der Waals surface area contributed by atoms with Gasteiger partial charge < -0.3 is 28.8 Å². The summed E-state index contributed by atoms with van der Waals surface area (Å²) >= 11 is 0. The lowest BCUT2D eigenvalue weighted by molar-refractivity contribution is -0.870. The number of phosphoric acid groups is 1. The Kier molecular flexibility index (Phi) is 63.0. The lowest BCUT2D eigenvalue weighted by Crippen LogP contribution is -2.45. The molecule has 0 aromatic carbocycles. The van der Waals surface area contributed by atoms with Gasteiger partial charge in [-0.25, -0.2) is 0 Å². The number of amides is 1. The summed E-state index contributed by atoms with van der Waals surface area (Å²) in [5, 5.41) is 13.9. The molecule has 0 fully saturated rings. The number of carbonyl (C=O) groups is 1. The van der Waals surface area contributed by atoms with E-state index in [1.54, 1.807) is 6.08 Å². The topological polar surface area (TPSA) is 108 Å². The van der Waals surface area contributed by atoms with Gasteiger partial charge in [0.2, 0.25) is 5.91 Å². The number of hydrogen-bond acceptors (Lipinski definition) is 6. The molecular weight excluding hydrogens is 1080 g/mol. The predicted molar refractivity (Wildman–Crippen MR) is 375 cm³/mol. The van der Waals surface area contributed by atoms with Crippen LogP contribution in [-0.2, 0) is 18.4 Å². The molecule has 0 aromatic heterocycles. The zero-order chi connectivity index (χ0) is 62.6. The third kappa shape index (κ3) is 67.9. The van der Waals surface area contributed by atoms with Crippen molar-refractivity contribution in [3.05, 3.63) is 146 Å². The Bertz CT molecular complexity index is 1910. The molecule has 0 aliphatic carbocycles. The molecule has 8 nitrogen and oxygen atoms in total. The van der Waals surface area contributed by atoms with Crippen LogP contribution in [0.1, 0.15) is 284 Å². The Morgan fingerprint density at radius 1 is 0.419 bits per heavy atom. The number of quaternary nitrogens is 1. The Hall–Kier alpha value is -3.62. The standard InChI is InChI=1S/C77H133N2O6P/c1-6-8-10-12-14-16-18-20-22-24-26-28-30-31-32-33-34-35-36-37-38-39-40-41-42-43-44-45-46-47-49-51-53-55-57-59-61-63-65-67-69-71-77(81)78-75(74-85-86(82,83)84-73-72-79(3,4)5)76(80)70-68-66-64-62-60-58-56-54-52-50-48-29-27-25-23-21-19-17-15-13-11-9-7-2/h8,10,14,16,20,22,26,28,31-32,34-35,37-38,40-41,43-44,46-47,60,62,68,70,75-76,80H,6-7,9,11-13,15,17-19,21,23-25,27,29-30,33,36,39,42,45,48-59,61,63-67,69,71-74H2,1-5H3,(H-,78,81,82,83)/b10-8-,16-14-,22-20-,28-26-,32-31-,35-34-,38-37-,41-40-,44-43-,47-46-,62-60+,70-68+. The molecule has 0 aliphatic rings. The van der Waals surface area contributed by atoms with Gasteiger partial charge in [0.15, 0.2) is 0 Å². The molecule has 492 valence electrons. The third-order valence-electron chi connectivity index (χ3n) is 15.0. The van der Waals surface area contributed by atoms with Crippen LogP contribution in [0.5, 0.6) is 0 Å². The van der Waals surface area contributed by atoms with Gasteiger partial charge in [0, 0.05) is 6.42 Å². The molecule has 0 spiro atoms. The monoisotopic (exact) mass is 1210 g/mol. The molecular formula is C77H133N2O6P. The molecule has 0 radical (unpaired) electrons. The normalized spacial score (nSPS) is 14.5. The number of likely N-dealkylation sites (N-methyl/N-ethyl adjacent to an activating group) is 1. The van der Waals surface area contributed by atoms with Crippen LogP contribution >= 0.6 is 7.82 Å². The van der Waals surface area contributed by atoms with Gasteiger partial charge in [-0.15, -0.1) is 0 Å². The van der Waals surface area contributed by atoms with E-state index >= 15 is 0 Å². The highest BCUT2D eigenvalue weighted by atomic mass is 31.2. The number of allylic oxidation sites excluding steroid dienone is 23. The van der Waals surface area contributed by atoms with Gasteiger partial charge in [-0.1, -0.05) is 314 Å². The maximum atomic E-state index is 13.0. The number of aliphatic hydroxyl groups excluding tert-OH is 1. The number of unbranched alkanes of at least 4 members (excludes halogenated alkanes) is 28. The largest absolute Gasteiger partial charge is 0.756 e. The van der Waals surface area contributed by atoms with Crippen LogP contribution in [0.2, 0.25) is 0 Å². The number of aliphatic hydroxyl groups is 1. The van der Waals surface area contributed by atoms with Gasteiger partial charge in [0.1, 0.15) is 13.2 Å². The van der Waals surface area contributed by atoms with Crippen LogP contribution in [-0.4, -0.2) is 68.5 Å². The lowest BCUT2D eigenvalue weighted by Gasteiger charge is -2.29. The average molecular weight is 1210 g/mol. The average Bonchev–Trinajstić information content (AvgIpc) is 3.70. The zero-order valence-electron chi connectivity index (χ0n) is 56.2. The first-order chi connectivity index (χ1) is 42.0. The number of nitrogens with zero attached hydrogens (tertiary/aromatic N) is 1. The molecule has 9 heteroatoms. The number of phosphoric ester groups is 1. The summed E-state index contributed by atoms with van der Waals surface area (Å²) in [6.07, 6.45) is 101. The molecule has 2 N–H and O–H groups in total. The van der Waals surface area contributed by atoms with E-state index in [-0.39, 0.29) is 12.5 Å². The Morgan fingerprint density at radius 2 is 0.721 bits per heavy atom. The van der Waals surface area contributed by atoms with Crippen molar-refractivity contribution >= 4 is 13.7 Å². The highest BCUT2D eigenvalue weighted by molar-refractivity contribution is 7.45. The molecule has 3 unspecified atom stereocenters. The lowest BCUT2D eigenvalue weighted by atomic mass is 10.0. The quantitative estimate of drug-likeness (QED) is 0.0272. The summed E-state index contributed by atoms with van der Waals surface area (Å²) < 4.78 is 23.4. The van der Waals surface area contributed by atoms with Crippen molar-refractivity contribution in [1.82, 2.24) is 5.32 Å². The van der Waals surface area contributed by atoms with Gasteiger partial charge in [-0.05, 0) is 109 Å². The fourth-order valence-corrected chi connectivity index (χ4v) is 10.3. The predicted octanol–water partition coefficient (Wildman–Crippen LogP) is 22.1. The van der Waals surface area contributed by atoms with Crippen LogP contribution in [0, 0.1) is 0 Å². The van der Waals surface area contributed by atoms with Crippen molar-refractivity contribution in [1.29, 1.82) is 0 Å². The minimum Gasteiger partial charge on any atom is -0.756 e. The minimum atomic E-state index is -4.62. The van der Waals surface area contributed by atoms with E-state index in [1.807, 2.05) is 27.2 Å². The molecule has 0 bridgehead atoms. The van der Waals surface area contributed by atoms with Crippen LogP contribution < -0.4 is 10.2 Å². The summed E-state index contributed by atoms with van der Waals surface area (Å²) in [6.45, 7) is 4.52. The zero-order valence-corrected chi connectivity index (χ0v) is 57.1. The molecule has 3 atom stereocenters. The first kappa shape index (κ1) is 82.4. The molecule has 0 heterocycles. The smallest absolute Gasteiger partial charge is 0.268 e. The number of nitrogens with one attached hydrogen (secondary N) is 1. The van der Waals surface area contributed by atoms with E-state index in [1.165, 1.54) is 148 Å². The van der Waals surface area contributed by atoms with Crippen molar-refractivity contribution in [2.24, 2.45) is 0 Å². The van der Waals surface area contributed by atoms with Gasteiger partial charge in [0.25, 0.3) is 7.82 Å². The first-order valence-electron chi connectivity index (χ1n) is 35.2. The summed E-state index contributed by atoms with van der Waals surface area (Å²) in [6, 6.07) is -0.917. The van der Waals surface area contributed by atoms with E-state index < -0.39 is 26.6 Å². The van der Waals surface area contributed by atoms with E-state index in [9.17, 15) is 19.4 Å². The fraction of sp³-hybridized carbons (Fsp3) is 0.675. The first-order valence-corrected chi connectivity index (χ1v) is 36.7. The molecule has 0 saturated carbocycles. The number of carbonyl (C=O) groups excluding carboxylic acids is 1. The van der Waals surface area contributed by atoms with Gasteiger partial charge in [-0.2, -0.15) is 0 Å². The van der Waals surface area contributed by atoms with E-state index in [0.717, 1.165) is 116 Å². The van der Waals surface area contributed by atoms with Crippen molar-refractivity contribution in [2.45, 2.75) is 296 Å². The van der Waals surface area contributed by atoms with Crippen molar-refractivity contribution in [3.8, 4) is 0 Å². The van der Waals surface area contributed by atoms with Crippen LogP contribution in [0.3, 0.4) is 0 Å². The summed E-state index contributed by atoms with van der Waals surface area (Å²) in [4.78, 5) is 25.6. The number of rotatable bonds is 63. The highest BCUT2D eigenvalue weighted by Gasteiger charge is 2.23. The van der Waals surface area contributed by atoms with E-state index in [4.69, 9.17) is 9.05 Å². The van der Waals surface area contributed by atoms with Gasteiger partial charge >= 0.3 is 0 Å². The number of hydrogen-bond donors (Lipinski definition) is 2. The summed E-state index contributed by atoms with van der Waals surface area (Å²) in [5.74, 6) is -0.215. The molecule has 0 saturated heterocycles. The minimum absolute atomic E-state index is 0.0134. The fourth-order valence-electron chi connectivity index (χ4n) is 9.61. The van der Waals surface area contributed by atoms with Crippen LogP contribution in [0.25, 0.3) is 0 Å². The van der Waals surface area contributed by atoms with Crippen molar-refractivity contribution in [3.63, 3.8) is 0 Å². The summed E-state index contributed by atoms with van der Waals surface area (Å²) in [7, 11) is 1.23. The molecule has 0 aliphatic heterocycles. The van der Waals surface area contributed by atoms with E-state index in [2.05, 4.69) is 153 Å². The highest BCUT2D eigenvalue weighted by Crippen LogP contribution is 2.38. The second-order valence-corrected chi connectivity index (χ2v) is 25.9. The molecule has 0 aromatic rings. The molecule has 1 amide bonds. The Labute approximate surface area is 531 Å².